The minimum atomic E-state index is 0.00260. The third kappa shape index (κ3) is 2.59. The summed E-state index contributed by atoms with van der Waals surface area (Å²) in [5, 5.41) is 2.50. The van der Waals surface area contributed by atoms with Gasteiger partial charge in [0, 0.05) is 29.9 Å². The fourth-order valence-electron chi connectivity index (χ4n) is 4.90. The monoisotopic (exact) mass is 347 g/mol. The van der Waals surface area contributed by atoms with Gasteiger partial charge in [0.05, 0.1) is 6.20 Å². The van der Waals surface area contributed by atoms with Gasteiger partial charge in [0.1, 0.15) is 0 Å². The molecule has 2 bridgehead atoms. The summed E-state index contributed by atoms with van der Waals surface area (Å²) in [7, 11) is 0. The molecule has 0 radical (unpaired) electrons. The maximum absolute atomic E-state index is 12.7. The Morgan fingerprint density at radius 2 is 1.96 bits per heavy atom. The molecule has 2 saturated heterocycles. The third-order valence-electron chi connectivity index (χ3n) is 5.99. The van der Waals surface area contributed by atoms with E-state index in [1.807, 2.05) is 12.4 Å². The largest absolute Gasteiger partial charge is 0.438 e. The van der Waals surface area contributed by atoms with Gasteiger partial charge < -0.3 is 9.32 Å². The second kappa shape index (κ2) is 6.24. The number of oxazole rings is 1. The normalized spacial score (nSPS) is 24.9. The minimum Gasteiger partial charge on any atom is -0.438 e. The molecular weight excluding hydrogens is 326 g/mol. The molecular formula is C21H21N3O2. The van der Waals surface area contributed by atoms with E-state index in [4.69, 9.17) is 4.42 Å². The maximum atomic E-state index is 12.7. The summed E-state index contributed by atoms with van der Waals surface area (Å²) < 4.78 is 5.23. The van der Waals surface area contributed by atoms with Gasteiger partial charge in [-0.1, -0.05) is 18.2 Å². The summed E-state index contributed by atoms with van der Waals surface area (Å²) in [6.45, 7) is 0. The van der Waals surface area contributed by atoms with Crippen LogP contribution in [0.3, 0.4) is 0 Å². The topological polar surface area (TPSA) is 59.2 Å². The molecule has 5 rings (SSSR count). The predicted molar refractivity (Wildman–Crippen MR) is 97.7 cm³/mol. The number of piperidine rings is 1. The molecule has 2 unspecified atom stereocenters. The van der Waals surface area contributed by atoms with Crippen LogP contribution in [0.4, 0.5) is 0 Å². The third-order valence-corrected chi connectivity index (χ3v) is 5.99. The van der Waals surface area contributed by atoms with Gasteiger partial charge >= 0.3 is 0 Å². The van der Waals surface area contributed by atoms with Crippen LogP contribution in [0.5, 0.6) is 0 Å². The number of fused-ring (bicyclic) bond motifs is 3. The van der Waals surface area contributed by atoms with E-state index in [0.29, 0.717) is 23.8 Å². The molecule has 0 aliphatic carbocycles. The van der Waals surface area contributed by atoms with Gasteiger partial charge in [-0.05, 0) is 55.0 Å². The number of nitrogens with zero attached hydrogens (tertiary/aromatic N) is 3. The average molecular weight is 347 g/mol. The van der Waals surface area contributed by atoms with E-state index in [0.717, 1.165) is 32.1 Å². The summed E-state index contributed by atoms with van der Waals surface area (Å²) in [5.74, 6) is 0.973. The van der Waals surface area contributed by atoms with Crippen molar-refractivity contribution in [1.29, 1.82) is 0 Å². The van der Waals surface area contributed by atoms with Crippen LogP contribution in [0.2, 0.25) is 0 Å². The second-order valence-electron chi connectivity index (χ2n) is 7.52. The van der Waals surface area contributed by atoms with Crippen molar-refractivity contribution in [1.82, 2.24) is 14.9 Å². The van der Waals surface area contributed by atoms with Crippen molar-refractivity contribution in [2.75, 3.05) is 0 Å². The molecule has 0 N–H and O–H groups in total. The summed E-state index contributed by atoms with van der Waals surface area (Å²) in [4.78, 5) is 23.0. The standard InChI is InChI=1S/C21H21N3O2/c25-21(20-12-23-13-26-20)24-17-4-5-18(24)10-14(9-17)8-16-3-1-2-15-6-7-22-11-19(15)16/h1-3,6-7,11-14,17-18H,4-5,8-10H2. The SMILES string of the molecule is O=C(c1cnco1)N1C2CCC1CC(Cc1cccc3ccncc13)C2. The fraction of sp³-hybridized carbons (Fsp3) is 0.381. The zero-order valence-electron chi connectivity index (χ0n) is 14.5. The van der Waals surface area contributed by atoms with E-state index in [1.165, 1.54) is 28.9 Å². The summed E-state index contributed by atoms with van der Waals surface area (Å²) in [5.41, 5.74) is 1.37. The number of aromatic nitrogens is 2. The lowest BCUT2D eigenvalue weighted by Gasteiger charge is -2.38. The Bertz CT molecular complexity index is 918. The lowest BCUT2D eigenvalue weighted by molar-refractivity contribution is 0.0493. The van der Waals surface area contributed by atoms with Crippen LogP contribution < -0.4 is 0 Å². The molecule has 2 aromatic heterocycles. The highest BCUT2D eigenvalue weighted by Crippen LogP contribution is 2.41. The highest BCUT2D eigenvalue weighted by atomic mass is 16.3. The van der Waals surface area contributed by atoms with Crippen molar-refractivity contribution in [3.05, 3.63) is 60.6 Å². The number of benzene rings is 1. The summed E-state index contributed by atoms with van der Waals surface area (Å²) in [6.07, 6.45) is 12.0. The zero-order valence-corrected chi connectivity index (χ0v) is 14.5. The Kier molecular flexibility index (Phi) is 3.73. The Morgan fingerprint density at radius 1 is 1.12 bits per heavy atom. The highest BCUT2D eigenvalue weighted by Gasteiger charge is 2.44. The van der Waals surface area contributed by atoms with Crippen LogP contribution in [0.15, 0.2) is 53.7 Å². The molecule has 1 amide bonds. The van der Waals surface area contributed by atoms with Crippen LogP contribution in [-0.2, 0) is 6.42 Å². The fourth-order valence-corrected chi connectivity index (χ4v) is 4.90. The molecule has 2 aliphatic heterocycles. The van der Waals surface area contributed by atoms with E-state index in [9.17, 15) is 4.79 Å². The van der Waals surface area contributed by atoms with Crippen molar-refractivity contribution >= 4 is 16.7 Å². The van der Waals surface area contributed by atoms with Crippen molar-refractivity contribution < 1.29 is 9.21 Å². The molecule has 2 fully saturated rings. The molecule has 26 heavy (non-hydrogen) atoms. The van der Waals surface area contributed by atoms with E-state index in [2.05, 4.69) is 39.1 Å². The van der Waals surface area contributed by atoms with Gasteiger partial charge in [-0.25, -0.2) is 4.98 Å². The Morgan fingerprint density at radius 3 is 2.73 bits per heavy atom. The molecule has 3 aromatic rings. The Balaban J connectivity index is 1.35. The van der Waals surface area contributed by atoms with Gasteiger partial charge in [0.15, 0.2) is 6.39 Å². The van der Waals surface area contributed by atoms with Crippen molar-refractivity contribution in [3.63, 3.8) is 0 Å². The molecule has 0 saturated carbocycles. The molecule has 4 heterocycles. The van der Waals surface area contributed by atoms with E-state index in [-0.39, 0.29) is 5.91 Å². The number of amides is 1. The van der Waals surface area contributed by atoms with Gasteiger partial charge in [-0.3, -0.25) is 9.78 Å². The van der Waals surface area contributed by atoms with Crippen LogP contribution in [0.1, 0.15) is 41.8 Å². The second-order valence-corrected chi connectivity index (χ2v) is 7.52. The van der Waals surface area contributed by atoms with E-state index in [1.54, 1.807) is 0 Å². The molecule has 132 valence electrons. The van der Waals surface area contributed by atoms with Crippen LogP contribution in [-0.4, -0.2) is 32.9 Å². The van der Waals surface area contributed by atoms with E-state index >= 15 is 0 Å². The number of hydrogen-bond donors (Lipinski definition) is 0. The van der Waals surface area contributed by atoms with Gasteiger partial charge in [0.2, 0.25) is 5.76 Å². The number of rotatable bonds is 3. The van der Waals surface area contributed by atoms with Crippen molar-refractivity contribution in [2.45, 2.75) is 44.2 Å². The molecule has 5 heteroatoms. The van der Waals surface area contributed by atoms with Crippen LogP contribution >= 0.6 is 0 Å². The van der Waals surface area contributed by atoms with Crippen molar-refractivity contribution in [3.8, 4) is 0 Å². The first-order valence-electron chi connectivity index (χ1n) is 9.32. The Labute approximate surface area is 152 Å². The van der Waals surface area contributed by atoms with Crippen LogP contribution in [0.25, 0.3) is 10.8 Å². The lowest BCUT2D eigenvalue weighted by atomic mass is 9.84. The first-order chi connectivity index (χ1) is 12.8. The van der Waals surface area contributed by atoms with Crippen molar-refractivity contribution in [2.24, 2.45) is 5.92 Å². The zero-order chi connectivity index (χ0) is 17.5. The molecule has 1 aromatic carbocycles. The first kappa shape index (κ1) is 15.6. The smallest absolute Gasteiger partial charge is 0.291 e. The molecule has 2 aliphatic rings. The van der Waals surface area contributed by atoms with Crippen LogP contribution in [0, 0.1) is 5.92 Å². The molecule has 0 spiro atoms. The molecule has 5 nitrogen and oxygen atoms in total. The lowest BCUT2D eigenvalue weighted by Crippen LogP contribution is -2.46. The van der Waals surface area contributed by atoms with E-state index < -0.39 is 0 Å². The Hall–Kier alpha value is -2.69. The number of carbonyl (C=O) groups is 1. The minimum absolute atomic E-state index is 0.00260. The first-order valence-corrected chi connectivity index (χ1v) is 9.32. The maximum Gasteiger partial charge on any atom is 0.291 e. The van der Waals surface area contributed by atoms with Gasteiger partial charge in [-0.15, -0.1) is 0 Å². The molecule has 2 atom stereocenters. The summed E-state index contributed by atoms with van der Waals surface area (Å²) in [6, 6.07) is 9.21. The quantitative estimate of drug-likeness (QED) is 0.722. The van der Waals surface area contributed by atoms with Gasteiger partial charge in [0.25, 0.3) is 5.91 Å². The predicted octanol–water partition coefficient (Wildman–Crippen LogP) is 3.85. The summed E-state index contributed by atoms with van der Waals surface area (Å²) >= 11 is 0. The number of hydrogen-bond acceptors (Lipinski definition) is 4. The average Bonchev–Trinajstić information content (AvgIpc) is 3.29. The van der Waals surface area contributed by atoms with Gasteiger partial charge in [-0.2, -0.15) is 0 Å². The number of pyridine rings is 1. The number of carbonyl (C=O) groups excluding carboxylic acids is 1. The highest BCUT2D eigenvalue weighted by molar-refractivity contribution is 5.92.